The molecule has 6 heteroatoms. The molecule has 0 spiro atoms. The van der Waals surface area contributed by atoms with E-state index in [-0.39, 0.29) is 5.97 Å². The van der Waals surface area contributed by atoms with Crippen LogP contribution in [0.3, 0.4) is 0 Å². The molecule has 0 aliphatic heterocycles. The lowest BCUT2D eigenvalue weighted by Crippen LogP contribution is -2.11. The van der Waals surface area contributed by atoms with E-state index in [2.05, 4.69) is 15.2 Å². The van der Waals surface area contributed by atoms with Crippen LogP contribution in [0.1, 0.15) is 15.4 Å². The predicted octanol–water partition coefficient (Wildman–Crippen LogP) is 1.74. The number of thiophene rings is 1. The molecule has 0 amide bonds. The lowest BCUT2D eigenvalue weighted by molar-refractivity contribution is -0.139. The van der Waals surface area contributed by atoms with Crippen LogP contribution < -0.4 is 5.32 Å². The zero-order chi connectivity index (χ0) is 12.8. The molecule has 96 valence electrons. The number of methoxy groups -OCH3 is 1. The highest BCUT2D eigenvalue weighted by Gasteiger charge is 2.06. The van der Waals surface area contributed by atoms with E-state index in [1.54, 1.807) is 17.6 Å². The Kier molecular flexibility index (Phi) is 4.49. The second-order valence-corrected chi connectivity index (χ2v) is 4.97. The molecule has 1 N–H and O–H groups in total. The fraction of sp³-hybridized carbons (Fsp3) is 0.333. The first-order chi connectivity index (χ1) is 8.78. The van der Waals surface area contributed by atoms with Crippen LogP contribution in [0.25, 0.3) is 0 Å². The van der Waals surface area contributed by atoms with Crippen molar-refractivity contribution in [2.45, 2.75) is 19.5 Å². The smallest absolute Gasteiger partial charge is 0.310 e. The van der Waals surface area contributed by atoms with Gasteiger partial charge in [-0.25, -0.2) is 0 Å². The predicted molar refractivity (Wildman–Crippen MR) is 67.1 cm³/mol. The zero-order valence-electron chi connectivity index (χ0n) is 10.0. The minimum absolute atomic E-state index is 0.209. The number of carbonyl (C=O) groups is 1. The Hall–Kier alpha value is -1.66. The van der Waals surface area contributed by atoms with Crippen LogP contribution >= 0.6 is 11.3 Å². The molecule has 2 rings (SSSR count). The minimum atomic E-state index is -0.209. The third-order valence-electron chi connectivity index (χ3n) is 2.36. The zero-order valence-corrected chi connectivity index (χ0v) is 10.8. The first-order valence-electron chi connectivity index (χ1n) is 5.52. The number of carbonyl (C=O) groups excluding carboxylic acids is 1. The van der Waals surface area contributed by atoms with E-state index in [4.69, 9.17) is 4.52 Å². The summed E-state index contributed by atoms with van der Waals surface area (Å²) < 4.78 is 9.37. The van der Waals surface area contributed by atoms with Gasteiger partial charge in [-0.05, 0) is 12.1 Å². The van der Waals surface area contributed by atoms with Gasteiger partial charge in [0.15, 0.2) is 0 Å². The van der Waals surface area contributed by atoms with E-state index in [1.807, 2.05) is 18.2 Å². The van der Waals surface area contributed by atoms with Gasteiger partial charge in [0.25, 0.3) is 0 Å². The van der Waals surface area contributed by atoms with Crippen molar-refractivity contribution in [1.29, 1.82) is 0 Å². The van der Waals surface area contributed by atoms with Gasteiger partial charge in [-0.15, -0.1) is 11.3 Å². The summed E-state index contributed by atoms with van der Waals surface area (Å²) in [7, 11) is 1.40. The van der Waals surface area contributed by atoms with Crippen molar-refractivity contribution in [3.8, 4) is 0 Å². The molecule has 0 aromatic carbocycles. The van der Waals surface area contributed by atoms with Crippen LogP contribution in [0.2, 0.25) is 0 Å². The van der Waals surface area contributed by atoms with Gasteiger partial charge < -0.3 is 14.6 Å². The first kappa shape index (κ1) is 12.8. The molecule has 2 aromatic rings. The number of nitrogens with one attached hydrogen (secondary N) is 1. The summed E-state index contributed by atoms with van der Waals surface area (Å²) in [4.78, 5) is 13.3. The summed E-state index contributed by atoms with van der Waals surface area (Å²) in [5.41, 5.74) is 0.876. The molecule has 0 bridgehead atoms. The standard InChI is InChI=1S/C12H14N2O3S/c1-16-12(15)6-10-2-3-11(18-10)8-13-7-9-4-5-17-14-9/h2-5,13H,6-8H2,1H3. The molecule has 0 fully saturated rings. The Balaban J connectivity index is 1.78. The first-order valence-corrected chi connectivity index (χ1v) is 6.34. The van der Waals surface area contributed by atoms with Crippen LogP contribution in [-0.4, -0.2) is 18.2 Å². The van der Waals surface area contributed by atoms with Crippen LogP contribution in [0.15, 0.2) is 29.0 Å². The average Bonchev–Trinajstić information content (AvgIpc) is 3.01. The Morgan fingerprint density at radius 2 is 2.22 bits per heavy atom. The maximum atomic E-state index is 11.1. The van der Waals surface area contributed by atoms with E-state index >= 15 is 0 Å². The maximum absolute atomic E-state index is 11.1. The Bertz CT molecular complexity index is 493. The number of rotatable bonds is 6. The van der Waals surface area contributed by atoms with Gasteiger partial charge in [-0.2, -0.15) is 0 Å². The lowest BCUT2D eigenvalue weighted by atomic mass is 10.3. The fourth-order valence-corrected chi connectivity index (χ4v) is 2.44. The molecule has 5 nitrogen and oxygen atoms in total. The van der Waals surface area contributed by atoms with Crippen LogP contribution in [0.4, 0.5) is 0 Å². The summed E-state index contributed by atoms with van der Waals surface area (Å²) in [6, 6.07) is 5.79. The molecule has 2 aromatic heterocycles. The fourth-order valence-electron chi connectivity index (χ4n) is 1.47. The van der Waals surface area contributed by atoms with E-state index in [1.165, 1.54) is 12.0 Å². The summed E-state index contributed by atoms with van der Waals surface area (Å²) in [6.45, 7) is 1.42. The van der Waals surface area contributed by atoms with Crippen molar-refractivity contribution in [3.63, 3.8) is 0 Å². The molecule has 0 radical (unpaired) electrons. The van der Waals surface area contributed by atoms with Gasteiger partial charge >= 0.3 is 5.97 Å². The molecule has 0 atom stereocenters. The number of hydrogen-bond donors (Lipinski definition) is 1. The van der Waals surface area contributed by atoms with E-state index in [0.29, 0.717) is 13.0 Å². The van der Waals surface area contributed by atoms with Crippen LogP contribution in [0, 0.1) is 0 Å². The van der Waals surface area contributed by atoms with Gasteiger partial charge in [0.1, 0.15) is 6.26 Å². The molecule has 18 heavy (non-hydrogen) atoms. The molecule has 2 heterocycles. The molecule has 0 saturated heterocycles. The van der Waals surface area contributed by atoms with E-state index in [9.17, 15) is 4.79 Å². The average molecular weight is 266 g/mol. The molecular formula is C12H14N2O3S. The molecule has 0 unspecified atom stereocenters. The SMILES string of the molecule is COC(=O)Cc1ccc(CNCc2ccon2)s1. The normalized spacial score (nSPS) is 10.5. The number of nitrogens with zero attached hydrogens (tertiary/aromatic N) is 1. The maximum Gasteiger partial charge on any atom is 0.310 e. The van der Waals surface area contributed by atoms with E-state index < -0.39 is 0 Å². The number of ether oxygens (including phenoxy) is 1. The number of esters is 1. The second kappa shape index (κ2) is 6.32. The monoisotopic (exact) mass is 266 g/mol. The third-order valence-corrected chi connectivity index (χ3v) is 3.45. The molecular weight excluding hydrogens is 252 g/mol. The summed E-state index contributed by atoms with van der Waals surface area (Å²) in [5.74, 6) is -0.209. The van der Waals surface area contributed by atoms with Gasteiger partial charge in [0, 0.05) is 28.9 Å². The Labute approximate surface area is 109 Å². The van der Waals surface area contributed by atoms with Crippen molar-refractivity contribution >= 4 is 17.3 Å². The van der Waals surface area contributed by atoms with Gasteiger partial charge in [0.05, 0.1) is 19.2 Å². The van der Waals surface area contributed by atoms with Crippen molar-refractivity contribution in [2.75, 3.05) is 7.11 Å². The highest BCUT2D eigenvalue weighted by molar-refractivity contribution is 7.12. The molecule has 0 aliphatic rings. The minimum Gasteiger partial charge on any atom is -0.469 e. The summed E-state index contributed by atoms with van der Waals surface area (Å²) >= 11 is 1.61. The lowest BCUT2D eigenvalue weighted by Gasteiger charge is -1.99. The largest absolute Gasteiger partial charge is 0.469 e. The van der Waals surface area contributed by atoms with Crippen molar-refractivity contribution < 1.29 is 14.1 Å². The quantitative estimate of drug-likeness (QED) is 0.807. The molecule has 0 aliphatic carbocycles. The van der Waals surface area contributed by atoms with Crippen LogP contribution in [-0.2, 0) is 29.0 Å². The van der Waals surface area contributed by atoms with Gasteiger partial charge in [-0.1, -0.05) is 5.16 Å². The molecule has 0 saturated carbocycles. The van der Waals surface area contributed by atoms with Gasteiger partial charge in [-0.3, -0.25) is 4.79 Å². The highest BCUT2D eigenvalue weighted by Crippen LogP contribution is 2.17. The van der Waals surface area contributed by atoms with Crippen molar-refractivity contribution in [1.82, 2.24) is 10.5 Å². The number of hydrogen-bond acceptors (Lipinski definition) is 6. The van der Waals surface area contributed by atoms with Gasteiger partial charge in [0.2, 0.25) is 0 Å². The summed E-state index contributed by atoms with van der Waals surface area (Å²) in [6.07, 6.45) is 1.89. The third kappa shape index (κ3) is 3.68. The van der Waals surface area contributed by atoms with Crippen molar-refractivity contribution in [3.05, 3.63) is 39.9 Å². The Morgan fingerprint density at radius 1 is 1.39 bits per heavy atom. The Morgan fingerprint density at radius 3 is 2.94 bits per heavy atom. The van der Waals surface area contributed by atoms with E-state index in [0.717, 1.165) is 17.1 Å². The number of aromatic nitrogens is 1. The second-order valence-electron chi connectivity index (χ2n) is 3.72. The topological polar surface area (TPSA) is 64.4 Å². The van der Waals surface area contributed by atoms with Crippen molar-refractivity contribution in [2.24, 2.45) is 0 Å². The summed E-state index contributed by atoms with van der Waals surface area (Å²) in [5, 5.41) is 7.06. The van der Waals surface area contributed by atoms with Crippen LogP contribution in [0.5, 0.6) is 0 Å². The highest BCUT2D eigenvalue weighted by atomic mass is 32.1.